The fraction of sp³-hybridized carbons (Fsp3) is 0.833. The van der Waals surface area contributed by atoms with Crippen LogP contribution in [0.25, 0.3) is 0 Å². The van der Waals surface area contributed by atoms with Crippen molar-refractivity contribution >= 4 is 33.7 Å². The predicted octanol–water partition coefficient (Wildman–Crippen LogP) is 4.42. The summed E-state index contributed by atoms with van der Waals surface area (Å²) in [4.78, 5) is 20.9. The minimum absolute atomic E-state index is 0.231. The standard InChI is InChI=1S/C12H20Cl2O2/c13-11(15)9-7-5-3-1-2-4-6-8-10-12(14)16/h1-10H2. The van der Waals surface area contributed by atoms with Gasteiger partial charge in [0, 0.05) is 12.8 Å². The van der Waals surface area contributed by atoms with E-state index in [1.165, 1.54) is 25.7 Å². The molecule has 0 N–H and O–H groups in total. The van der Waals surface area contributed by atoms with Gasteiger partial charge in [0.05, 0.1) is 0 Å². The summed E-state index contributed by atoms with van der Waals surface area (Å²) in [6.45, 7) is 0. The van der Waals surface area contributed by atoms with E-state index in [2.05, 4.69) is 0 Å². The zero-order valence-corrected chi connectivity index (χ0v) is 11.2. The number of halogens is 2. The summed E-state index contributed by atoms with van der Waals surface area (Å²) in [6, 6.07) is 0. The summed E-state index contributed by atoms with van der Waals surface area (Å²) in [7, 11) is 0. The monoisotopic (exact) mass is 266 g/mol. The normalized spacial score (nSPS) is 10.4. The number of hydrogen-bond donors (Lipinski definition) is 0. The van der Waals surface area contributed by atoms with E-state index in [0.29, 0.717) is 12.8 Å². The molecule has 2 nitrogen and oxygen atoms in total. The van der Waals surface area contributed by atoms with Crippen molar-refractivity contribution < 1.29 is 9.59 Å². The molecule has 16 heavy (non-hydrogen) atoms. The summed E-state index contributed by atoms with van der Waals surface area (Å²) in [5.74, 6) is 0. The molecule has 0 amide bonds. The largest absolute Gasteiger partial charge is 0.281 e. The highest BCUT2D eigenvalue weighted by atomic mass is 35.5. The molecule has 0 aliphatic carbocycles. The third-order valence-electron chi connectivity index (χ3n) is 2.50. The average molecular weight is 267 g/mol. The smallest absolute Gasteiger partial charge is 0.221 e. The predicted molar refractivity (Wildman–Crippen MR) is 67.9 cm³/mol. The molecule has 0 unspecified atom stereocenters. The second-order valence-corrected chi connectivity index (χ2v) is 4.88. The molecule has 0 fully saturated rings. The maximum Gasteiger partial charge on any atom is 0.221 e. The first kappa shape index (κ1) is 15.9. The maximum atomic E-state index is 10.4. The first-order valence-corrected chi connectivity index (χ1v) is 6.75. The fourth-order valence-electron chi connectivity index (χ4n) is 1.59. The Bertz CT molecular complexity index is 183. The van der Waals surface area contributed by atoms with E-state index in [0.717, 1.165) is 25.7 Å². The Labute approximate surface area is 108 Å². The highest BCUT2D eigenvalue weighted by Gasteiger charge is 1.97. The molecule has 0 radical (unpaired) electrons. The quantitative estimate of drug-likeness (QED) is 0.410. The zero-order valence-electron chi connectivity index (χ0n) is 9.64. The van der Waals surface area contributed by atoms with E-state index in [4.69, 9.17) is 23.2 Å². The number of carbonyl (C=O) groups is 2. The lowest BCUT2D eigenvalue weighted by atomic mass is 10.1. The molecule has 0 aromatic heterocycles. The van der Waals surface area contributed by atoms with Gasteiger partial charge in [-0.1, -0.05) is 38.5 Å². The summed E-state index contributed by atoms with van der Waals surface area (Å²) in [5.41, 5.74) is 0. The Kier molecular flexibility index (Phi) is 11.3. The van der Waals surface area contributed by atoms with Crippen molar-refractivity contribution in [3.05, 3.63) is 0 Å². The van der Waals surface area contributed by atoms with Gasteiger partial charge in [0.25, 0.3) is 0 Å². The third-order valence-corrected chi connectivity index (χ3v) is 2.87. The minimum Gasteiger partial charge on any atom is -0.281 e. The maximum absolute atomic E-state index is 10.4. The number of carbonyl (C=O) groups excluding carboxylic acids is 2. The van der Waals surface area contributed by atoms with Crippen LogP contribution in [0.5, 0.6) is 0 Å². The van der Waals surface area contributed by atoms with Crippen molar-refractivity contribution in [2.75, 3.05) is 0 Å². The molecule has 0 atom stereocenters. The minimum atomic E-state index is -0.231. The van der Waals surface area contributed by atoms with Crippen molar-refractivity contribution in [3.8, 4) is 0 Å². The Morgan fingerprint density at radius 1 is 0.562 bits per heavy atom. The Morgan fingerprint density at radius 2 is 0.812 bits per heavy atom. The van der Waals surface area contributed by atoms with Gasteiger partial charge in [0.1, 0.15) is 0 Å². The molecule has 0 saturated heterocycles. The van der Waals surface area contributed by atoms with Crippen molar-refractivity contribution in [3.63, 3.8) is 0 Å². The van der Waals surface area contributed by atoms with E-state index in [-0.39, 0.29) is 10.5 Å². The van der Waals surface area contributed by atoms with Crippen LogP contribution in [0.2, 0.25) is 0 Å². The van der Waals surface area contributed by atoms with Gasteiger partial charge < -0.3 is 0 Å². The van der Waals surface area contributed by atoms with Crippen LogP contribution in [0.1, 0.15) is 64.2 Å². The van der Waals surface area contributed by atoms with Crippen LogP contribution in [0.15, 0.2) is 0 Å². The van der Waals surface area contributed by atoms with Crippen molar-refractivity contribution in [1.82, 2.24) is 0 Å². The van der Waals surface area contributed by atoms with Gasteiger partial charge in [0.15, 0.2) is 0 Å². The van der Waals surface area contributed by atoms with Gasteiger partial charge >= 0.3 is 0 Å². The highest BCUT2D eigenvalue weighted by molar-refractivity contribution is 6.63. The topological polar surface area (TPSA) is 34.1 Å². The van der Waals surface area contributed by atoms with Gasteiger partial charge in [-0.2, -0.15) is 0 Å². The Hall–Kier alpha value is -0.0800. The summed E-state index contributed by atoms with van der Waals surface area (Å²) in [6.07, 6.45) is 9.70. The third kappa shape index (κ3) is 13.9. The molecule has 0 aromatic carbocycles. The highest BCUT2D eigenvalue weighted by Crippen LogP contribution is 2.11. The van der Waals surface area contributed by atoms with E-state index in [1.54, 1.807) is 0 Å². The van der Waals surface area contributed by atoms with Crippen LogP contribution in [0.3, 0.4) is 0 Å². The molecule has 0 spiro atoms. The first-order chi connectivity index (χ1) is 7.63. The van der Waals surface area contributed by atoms with Crippen molar-refractivity contribution in [2.45, 2.75) is 64.2 Å². The van der Waals surface area contributed by atoms with E-state index >= 15 is 0 Å². The summed E-state index contributed by atoms with van der Waals surface area (Å²) < 4.78 is 0. The van der Waals surface area contributed by atoms with Crippen LogP contribution in [-0.2, 0) is 9.59 Å². The molecule has 0 heterocycles. The lowest BCUT2D eigenvalue weighted by Crippen LogP contribution is -1.87. The Balaban J connectivity index is 2.98. The molecule has 0 aromatic rings. The van der Waals surface area contributed by atoms with E-state index in [9.17, 15) is 9.59 Å². The van der Waals surface area contributed by atoms with Crippen LogP contribution < -0.4 is 0 Å². The van der Waals surface area contributed by atoms with Gasteiger partial charge in [-0.25, -0.2) is 0 Å². The van der Waals surface area contributed by atoms with Crippen LogP contribution >= 0.6 is 23.2 Å². The van der Waals surface area contributed by atoms with Crippen molar-refractivity contribution in [2.24, 2.45) is 0 Å². The number of unbranched alkanes of at least 4 members (excludes halogenated alkanes) is 7. The molecule has 0 bridgehead atoms. The molecule has 0 rings (SSSR count). The second-order valence-electron chi connectivity index (χ2n) is 4.04. The number of rotatable bonds is 11. The summed E-state index contributed by atoms with van der Waals surface area (Å²) in [5, 5.41) is -0.462. The lowest BCUT2D eigenvalue weighted by molar-refractivity contribution is -0.112. The molecule has 0 aliphatic heterocycles. The lowest BCUT2D eigenvalue weighted by Gasteiger charge is -2.00. The molecule has 0 aliphatic rings. The van der Waals surface area contributed by atoms with Crippen molar-refractivity contribution in [1.29, 1.82) is 0 Å². The summed E-state index contributed by atoms with van der Waals surface area (Å²) >= 11 is 10.4. The SMILES string of the molecule is O=C(Cl)CCCCCCCCCCC(=O)Cl. The molecule has 94 valence electrons. The van der Waals surface area contributed by atoms with Crippen LogP contribution in [0.4, 0.5) is 0 Å². The van der Waals surface area contributed by atoms with Gasteiger partial charge in [0.2, 0.25) is 10.5 Å². The van der Waals surface area contributed by atoms with Gasteiger partial charge in [-0.3, -0.25) is 9.59 Å². The first-order valence-electron chi connectivity index (χ1n) is 5.99. The van der Waals surface area contributed by atoms with Gasteiger partial charge in [-0.05, 0) is 36.0 Å². The Morgan fingerprint density at radius 3 is 1.06 bits per heavy atom. The van der Waals surface area contributed by atoms with E-state index in [1.807, 2.05) is 0 Å². The van der Waals surface area contributed by atoms with E-state index < -0.39 is 0 Å². The zero-order chi connectivity index (χ0) is 12.2. The molecular formula is C12H20Cl2O2. The number of hydrogen-bond acceptors (Lipinski definition) is 2. The molecule has 0 saturated carbocycles. The molecular weight excluding hydrogens is 247 g/mol. The molecule has 4 heteroatoms. The average Bonchev–Trinajstić information content (AvgIpc) is 2.20. The fourth-order valence-corrected chi connectivity index (χ4v) is 1.86. The van der Waals surface area contributed by atoms with Crippen LogP contribution in [0, 0.1) is 0 Å². The second kappa shape index (κ2) is 11.4. The van der Waals surface area contributed by atoms with Crippen LogP contribution in [-0.4, -0.2) is 10.5 Å². The van der Waals surface area contributed by atoms with Gasteiger partial charge in [-0.15, -0.1) is 0 Å².